The van der Waals surface area contributed by atoms with E-state index >= 15 is 0 Å². The maximum absolute atomic E-state index is 13.2. The summed E-state index contributed by atoms with van der Waals surface area (Å²) in [7, 11) is 0. The first kappa shape index (κ1) is 10.9. The van der Waals surface area contributed by atoms with Gasteiger partial charge in [0.25, 0.3) is 5.24 Å². The third-order valence-corrected chi connectivity index (χ3v) is 3.01. The Kier molecular flexibility index (Phi) is 3.05. The van der Waals surface area contributed by atoms with Crippen molar-refractivity contribution in [3.8, 4) is 0 Å². The fourth-order valence-corrected chi connectivity index (χ4v) is 2.01. The second-order valence-corrected chi connectivity index (χ2v) is 4.31. The first-order valence-electron chi connectivity index (χ1n) is 4.61. The molecule has 5 heteroatoms. The first-order chi connectivity index (χ1) is 7.66. The van der Waals surface area contributed by atoms with Crippen LogP contribution in [0.2, 0.25) is 0 Å². The number of carbonyl (C=O) groups excluding carboxylic acids is 2. The van der Waals surface area contributed by atoms with Crippen LogP contribution >= 0.6 is 11.8 Å². The van der Waals surface area contributed by atoms with Gasteiger partial charge < -0.3 is 0 Å². The molecule has 1 aromatic carbocycles. The zero-order chi connectivity index (χ0) is 11.5. The van der Waals surface area contributed by atoms with Crippen LogP contribution in [0.15, 0.2) is 30.3 Å². The number of benzene rings is 1. The van der Waals surface area contributed by atoms with E-state index in [0.29, 0.717) is 5.56 Å². The van der Waals surface area contributed by atoms with Gasteiger partial charge in [-0.25, -0.2) is 4.39 Å². The van der Waals surface area contributed by atoms with E-state index in [9.17, 15) is 14.0 Å². The summed E-state index contributed by atoms with van der Waals surface area (Å²) in [6.45, 7) is 0. The van der Waals surface area contributed by atoms with Crippen molar-refractivity contribution in [3.63, 3.8) is 0 Å². The highest BCUT2D eigenvalue weighted by Crippen LogP contribution is 2.21. The van der Waals surface area contributed by atoms with E-state index in [1.54, 1.807) is 18.2 Å². The Labute approximate surface area is 95.7 Å². The first-order valence-corrected chi connectivity index (χ1v) is 5.49. The highest BCUT2D eigenvalue weighted by molar-refractivity contribution is 8.15. The van der Waals surface area contributed by atoms with Crippen molar-refractivity contribution in [3.05, 3.63) is 41.7 Å². The lowest BCUT2D eigenvalue weighted by Crippen LogP contribution is -2.22. The van der Waals surface area contributed by atoms with E-state index in [-0.39, 0.29) is 17.0 Å². The molecule has 1 aromatic rings. The predicted octanol–water partition coefficient (Wildman–Crippen LogP) is 2.19. The van der Waals surface area contributed by atoms with Crippen LogP contribution in [-0.4, -0.2) is 16.4 Å². The molecule has 0 aromatic heterocycles. The third-order valence-electron chi connectivity index (χ3n) is 2.07. The van der Waals surface area contributed by atoms with E-state index in [2.05, 4.69) is 5.32 Å². The molecule has 0 spiro atoms. The summed E-state index contributed by atoms with van der Waals surface area (Å²) in [5, 5.41) is 1.23. The van der Waals surface area contributed by atoms with Gasteiger partial charge in [0, 0.05) is 5.56 Å². The molecule has 0 radical (unpaired) electrons. The maximum atomic E-state index is 13.2. The monoisotopic (exact) mass is 237 g/mol. The molecule has 0 bridgehead atoms. The SMILES string of the molecule is O=C1NC(=O)C(/C=C\c2ccccc2F)S1. The largest absolute Gasteiger partial charge is 0.286 e. The van der Waals surface area contributed by atoms with Crippen molar-refractivity contribution in [1.82, 2.24) is 5.32 Å². The molecule has 1 unspecified atom stereocenters. The summed E-state index contributed by atoms with van der Waals surface area (Å²) in [5.74, 6) is -0.712. The van der Waals surface area contributed by atoms with Crippen LogP contribution in [0.4, 0.5) is 9.18 Å². The number of rotatable bonds is 2. The Morgan fingerprint density at radius 3 is 2.69 bits per heavy atom. The number of hydrogen-bond acceptors (Lipinski definition) is 3. The number of amides is 2. The molecule has 82 valence electrons. The molecule has 1 saturated heterocycles. The normalized spacial score (nSPS) is 20.4. The summed E-state index contributed by atoms with van der Waals surface area (Å²) < 4.78 is 13.2. The quantitative estimate of drug-likeness (QED) is 0.857. The molecule has 2 amide bonds. The minimum absolute atomic E-state index is 0.353. The van der Waals surface area contributed by atoms with E-state index in [1.165, 1.54) is 18.2 Å². The van der Waals surface area contributed by atoms with Crippen LogP contribution in [-0.2, 0) is 4.79 Å². The summed E-state index contributed by atoms with van der Waals surface area (Å²) in [6.07, 6.45) is 3.02. The third kappa shape index (κ3) is 2.30. The van der Waals surface area contributed by atoms with Gasteiger partial charge >= 0.3 is 0 Å². The molecule has 0 aliphatic carbocycles. The molecule has 1 aliphatic heterocycles. The standard InChI is InChI=1S/C11H8FNO2S/c12-8-4-2-1-3-7(8)5-6-9-10(14)13-11(15)16-9/h1-6,9H,(H,13,14,15)/b6-5-. The zero-order valence-corrected chi connectivity index (χ0v) is 8.96. The Hall–Kier alpha value is -1.62. The van der Waals surface area contributed by atoms with Crippen LogP contribution in [0, 0.1) is 5.82 Å². The van der Waals surface area contributed by atoms with Crippen molar-refractivity contribution in [2.24, 2.45) is 0 Å². The fraction of sp³-hybridized carbons (Fsp3) is 0.0909. The lowest BCUT2D eigenvalue weighted by molar-refractivity contribution is -0.118. The van der Waals surface area contributed by atoms with Crippen molar-refractivity contribution in [2.75, 3.05) is 0 Å². The number of hydrogen-bond donors (Lipinski definition) is 1. The molecular formula is C11H8FNO2S. The molecule has 1 aliphatic rings. The number of carbonyl (C=O) groups is 2. The lowest BCUT2D eigenvalue weighted by Gasteiger charge is -1.97. The molecular weight excluding hydrogens is 229 g/mol. The number of nitrogens with one attached hydrogen (secondary N) is 1. The van der Waals surface area contributed by atoms with E-state index in [4.69, 9.17) is 0 Å². The topological polar surface area (TPSA) is 46.2 Å². The van der Waals surface area contributed by atoms with Gasteiger partial charge in [0.15, 0.2) is 0 Å². The molecule has 16 heavy (non-hydrogen) atoms. The van der Waals surface area contributed by atoms with Crippen molar-refractivity contribution >= 4 is 29.0 Å². The fourth-order valence-electron chi connectivity index (χ4n) is 1.30. The Morgan fingerprint density at radius 1 is 1.31 bits per heavy atom. The summed E-state index contributed by atoms with van der Waals surface area (Å²) in [6, 6.07) is 6.24. The van der Waals surface area contributed by atoms with Gasteiger partial charge in [-0.2, -0.15) is 0 Å². The Morgan fingerprint density at radius 2 is 2.06 bits per heavy atom. The average Bonchev–Trinajstić information content (AvgIpc) is 2.56. The average molecular weight is 237 g/mol. The number of halogens is 1. The van der Waals surface area contributed by atoms with Crippen molar-refractivity contribution < 1.29 is 14.0 Å². The van der Waals surface area contributed by atoms with E-state index in [0.717, 1.165) is 11.8 Å². The highest BCUT2D eigenvalue weighted by Gasteiger charge is 2.29. The van der Waals surface area contributed by atoms with Crippen LogP contribution in [0.5, 0.6) is 0 Å². The van der Waals surface area contributed by atoms with Gasteiger partial charge in [-0.05, 0) is 17.8 Å². The second-order valence-electron chi connectivity index (χ2n) is 3.20. The minimum Gasteiger partial charge on any atom is -0.286 e. The van der Waals surface area contributed by atoms with Gasteiger partial charge in [-0.15, -0.1) is 0 Å². The van der Waals surface area contributed by atoms with Crippen LogP contribution in [0.3, 0.4) is 0 Å². The second kappa shape index (κ2) is 4.49. The maximum Gasteiger partial charge on any atom is 0.286 e. The predicted molar refractivity (Wildman–Crippen MR) is 60.4 cm³/mol. The van der Waals surface area contributed by atoms with Crippen molar-refractivity contribution in [2.45, 2.75) is 5.25 Å². The van der Waals surface area contributed by atoms with E-state index < -0.39 is 5.25 Å². The van der Waals surface area contributed by atoms with Crippen molar-refractivity contribution in [1.29, 1.82) is 0 Å². The number of imide groups is 1. The molecule has 1 heterocycles. The lowest BCUT2D eigenvalue weighted by atomic mass is 10.2. The van der Waals surface area contributed by atoms with Crippen LogP contribution < -0.4 is 5.32 Å². The molecule has 0 saturated carbocycles. The molecule has 1 fully saturated rings. The molecule has 1 N–H and O–H groups in total. The summed E-state index contributed by atoms with van der Waals surface area (Å²) >= 11 is 0.890. The zero-order valence-electron chi connectivity index (χ0n) is 8.14. The minimum atomic E-state index is -0.563. The van der Waals surface area contributed by atoms with E-state index in [1.807, 2.05) is 0 Å². The van der Waals surface area contributed by atoms with Crippen LogP contribution in [0.25, 0.3) is 6.08 Å². The van der Waals surface area contributed by atoms with Gasteiger partial charge in [0.1, 0.15) is 11.1 Å². The molecule has 3 nitrogen and oxygen atoms in total. The summed E-state index contributed by atoms with van der Waals surface area (Å²) in [5.41, 5.74) is 0.398. The summed E-state index contributed by atoms with van der Waals surface area (Å²) in [4.78, 5) is 22.1. The Bertz CT molecular complexity index is 473. The highest BCUT2D eigenvalue weighted by atomic mass is 32.2. The van der Waals surface area contributed by atoms with Gasteiger partial charge in [-0.3, -0.25) is 14.9 Å². The van der Waals surface area contributed by atoms with Gasteiger partial charge in [0.05, 0.1) is 0 Å². The number of thioether (sulfide) groups is 1. The molecule has 2 rings (SSSR count). The van der Waals surface area contributed by atoms with Gasteiger partial charge in [-0.1, -0.05) is 30.4 Å². The smallest absolute Gasteiger partial charge is 0.286 e. The van der Waals surface area contributed by atoms with Gasteiger partial charge in [0.2, 0.25) is 5.91 Å². The Balaban J connectivity index is 2.13. The molecule has 1 atom stereocenters. The van der Waals surface area contributed by atoms with Crippen LogP contribution in [0.1, 0.15) is 5.56 Å².